The summed E-state index contributed by atoms with van der Waals surface area (Å²) in [6.45, 7) is 2.44. The average molecular weight is 785 g/mol. The van der Waals surface area contributed by atoms with E-state index in [-0.39, 0.29) is 24.8 Å². The van der Waals surface area contributed by atoms with Crippen LogP contribution in [0.4, 0.5) is 0 Å². The molecular formula is C44H38Cl2N2SiZr. The van der Waals surface area contributed by atoms with Crippen LogP contribution in [0.25, 0.3) is 55.4 Å². The summed E-state index contributed by atoms with van der Waals surface area (Å²) in [5.41, 5.74) is 16.8. The van der Waals surface area contributed by atoms with E-state index in [1.54, 1.807) is 0 Å². The summed E-state index contributed by atoms with van der Waals surface area (Å²) < 4.78 is 11.4. The molecule has 0 amide bonds. The molecule has 0 aliphatic heterocycles. The third-order valence-corrected chi connectivity index (χ3v) is 28.4. The topological polar surface area (TPSA) is 9.86 Å². The van der Waals surface area contributed by atoms with Gasteiger partial charge in [-0.3, -0.25) is 0 Å². The molecule has 6 aromatic carbocycles. The summed E-state index contributed by atoms with van der Waals surface area (Å²) in [7, 11) is 0. The van der Waals surface area contributed by atoms with Crippen LogP contribution in [0.5, 0.6) is 0 Å². The van der Waals surface area contributed by atoms with Crippen molar-refractivity contribution in [2.24, 2.45) is 0 Å². The number of nitrogens with zero attached hydrogens (tertiary/aromatic N) is 2. The van der Waals surface area contributed by atoms with Crippen LogP contribution >= 0.6 is 24.8 Å². The Balaban J connectivity index is 0.00000180. The van der Waals surface area contributed by atoms with Crippen molar-refractivity contribution in [3.8, 4) is 33.6 Å². The molecule has 2 nitrogen and oxygen atoms in total. The Morgan fingerprint density at radius 2 is 0.780 bits per heavy atom. The van der Waals surface area contributed by atoms with E-state index in [1.807, 2.05) is 0 Å². The van der Waals surface area contributed by atoms with Gasteiger partial charge in [-0.15, -0.1) is 24.8 Å². The summed E-state index contributed by atoms with van der Waals surface area (Å²) in [6.07, 6.45) is 0. The molecule has 8 aromatic rings. The fourth-order valence-corrected chi connectivity index (χ4v) is 27.4. The minimum absolute atomic E-state index is 0. The van der Waals surface area contributed by atoms with Crippen LogP contribution in [0.1, 0.15) is 29.8 Å². The molecule has 2 aliphatic rings. The zero-order chi connectivity index (χ0) is 32.2. The Hall–Kier alpha value is -3.92. The number of hydrogen-bond acceptors (Lipinski definition) is 0. The normalized spacial score (nSPS) is 15.9. The average Bonchev–Trinajstić information content (AvgIpc) is 3.83. The van der Waals surface area contributed by atoms with Gasteiger partial charge >= 0.3 is 286 Å². The van der Waals surface area contributed by atoms with E-state index >= 15 is 0 Å². The van der Waals surface area contributed by atoms with Crippen LogP contribution in [0.2, 0.25) is 9.26 Å². The molecule has 246 valence electrons. The van der Waals surface area contributed by atoms with Gasteiger partial charge in [-0.1, -0.05) is 0 Å². The molecule has 6 heteroatoms. The summed E-state index contributed by atoms with van der Waals surface area (Å²) in [5, 5.41) is 2.71. The SMILES string of the molecule is Cl.Cl.[CH3][Zr]([CH3])(=[SiH2])([CH]1c2ccccc2-c2c1n(-c1ccccc1)c1ccccc21)[CH]1c2ccccc2-c2c1n(-c1ccccc1)c1ccccc21. The van der Waals surface area contributed by atoms with Gasteiger partial charge in [0, 0.05) is 0 Å². The molecule has 0 saturated heterocycles. The summed E-state index contributed by atoms with van der Waals surface area (Å²) in [6, 6.07) is 59.0. The van der Waals surface area contributed by atoms with E-state index in [1.165, 1.54) is 77.9 Å². The van der Waals surface area contributed by atoms with Gasteiger partial charge in [-0.25, -0.2) is 0 Å². The van der Waals surface area contributed by atoms with Gasteiger partial charge in [0.2, 0.25) is 0 Å². The quantitative estimate of drug-likeness (QED) is 0.157. The summed E-state index contributed by atoms with van der Waals surface area (Å²) >= 11 is -4.13. The van der Waals surface area contributed by atoms with Gasteiger partial charge in [0.1, 0.15) is 0 Å². The van der Waals surface area contributed by atoms with Crippen molar-refractivity contribution in [3.05, 3.63) is 180 Å². The summed E-state index contributed by atoms with van der Waals surface area (Å²) in [5.74, 6) is 0. The summed E-state index contributed by atoms with van der Waals surface area (Å²) in [4.78, 5) is 0. The zero-order valence-corrected chi connectivity index (χ0v) is 33.6. The van der Waals surface area contributed by atoms with Crippen molar-refractivity contribution in [2.75, 3.05) is 0 Å². The molecule has 0 saturated carbocycles. The first-order valence-electron chi connectivity index (χ1n) is 17.1. The number of hydrogen-bond donors (Lipinski definition) is 0. The number of halogens is 2. The second kappa shape index (κ2) is 11.8. The molecule has 0 radical (unpaired) electrons. The molecule has 2 aromatic heterocycles. The molecule has 0 fully saturated rings. The monoisotopic (exact) mass is 782 g/mol. The number of aromatic nitrogens is 2. The van der Waals surface area contributed by atoms with Crippen LogP contribution in [0.15, 0.2) is 158 Å². The maximum absolute atomic E-state index is 4.13. The van der Waals surface area contributed by atoms with E-state index in [0.29, 0.717) is 7.25 Å². The molecule has 50 heavy (non-hydrogen) atoms. The third kappa shape index (κ3) is 4.42. The molecule has 2 atom stereocenters. The first-order chi connectivity index (χ1) is 23.4. The molecule has 0 spiro atoms. The number of fused-ring (bicyclic) bond motifs is 10. The van der Waals surface area contributed by atoms with Crippen LogP contribution in [-0.2, 0) is 17.4 Å². The maximum atomic E-state index is 2.77. The van der Waals surface area contributed by atoms with Gasteiger partial charge in [-0.2, -0.15) is 0 Å². The fourth-order valence-electron chi connectivity index (χ4n) is 9.68. The second-order valence-electron chi connectivity index (χ2n) is 14.9. The van der Waals surface area contributed by atoms with E-state index in [4.69, 9.17) is 0 Å². The number of para-hydroxylation sites is 4. The van der Waals surface area contributed by atoms with E-state index in [2.05, 4.69) is 183 Å². The Labute approximate surface area is 308 Å². The molecule has 0 N–H and O–H groups in total. The second-order valence-corrected chi connectivity index (χ2v) is 45.3. The third-order valence-electron chi connectivity index (χ3n) is 11.4. The predicted molar refractivity (Wildman–Crippen MR) is 216 cm³/mol. The fraction of sp³-hybridized carbons (Fsp3) is 0.0909. The molecule has 10 rings (SSSR count). The number of rotatable bonds is 4. The van der Waals surface area contributed by atoms with E-state index in [9.17, 15) is 0 Å². The van der Waals surface area contributed by atoms with Gasteiger partial charge in [0.15, 0.2) is 0 Å². The van der Waals surface area contributed by atoms with Crippen LogP contribution in [0, 0.1) is 0 Å². The molecular weight excluding hydrogens is 747 g/mol. The Morgan fingerprint density at radius 3 is 1.20 bits per heavy atom. The Kier molecular flexibility index (Phi) is 7.86. The molecule has 2 aliphatic carbocycles. The Bertz CT molecular complexity index is 2460. The van der Waals surface area contributed by atoms with Gasteiger partial charge in [0.05, 0.1) is 0 Å². The minimum atomic E-state index is -4.13. The zero-order valence-electron chi connectivity index (χ0n) is 28.1. The van der Waals surface area contributed by atoms with Crippen LogP contribution in [-0.4, -0.2) is 16.0 Å². The van der Waals surface area contributed by atoms with Crippen molar-refractivity contribution in [1.29, 1.82) is 0 Å². The van der Waals surface area contributed by atoms with Crippen LogP contribution < -0.4 is 0 Å². The number of benzene rings is 6. The first kappa shape index (κ1) is 33.2. The van der Waals surface area contributed by atoms with Crippen LogP contribution in [0.3, 0.4) is 0 Å². The van der Waals surface area contributed by atoms with E-state index < -0.39 is 17.4 Å². The predicted octanol–water partition coefficient (Wildman–Crippen LogP) is 11.6. The van der Waals surface area contributed by atoms with Crippen molar-refractivity contribution >= 4 is 53.5 Å². The molecule has 2 heterocycles. The molecule has 2 unspecified atom stereocenters. The van der Waals surface area contributed by atoms with Crippen molar-refractivity contribution in [1.82, 2.24) is 9.13 Å². The van der Waals surface area contributed by atoms with Crippen molar-refractivity contribution in [3.63, 3.8) is 0 Å². The van der Waals surface area contributed by atoms with E-state index in [0.717, 1.165) is 0 Å². The van der Waals surface area contributed by atoms with Crippen molar-refractivity contribution < 1.29 is 17.4 Å². The Morgan fingerprint density at radius 1 is 0.440 bits per heavy atom. The standard InChI is InChI=1S/2C21H14N.2CH3.2ClH.H2Si.Zr/c2*1-2-9-16(10-3-1)22-19-13-7-6-12-18(19)21-17-11-5-4-8-15(17)14-20(21)22;;;;;;/h2*1-14H;2*1H3;2*1H;1H2;. The first-order valence-corrected chi connectivity index (χ1v) is 30.7. The van der Waals surface area contributed by atoms with Gasteiger partial charge < -0.3 is 0 Å². The van der Waals surface area contributed by atoms with Crippen molar-refractivity contribution in [2.45, 2.75) is 16.5 Å². The molecule has 0 bridgehead atoms. The van der Waals surface area contributed by atoms with Gasteiger partial charge in [-0.05, 0) is 0 Å². The van der Waals surface area contributed by atoms with Gasteiger partial charge in [0.25, 0.3) is 0 Å².